The number of nitrogens with zero attached hydrogens (tertiary/aromatic N) is 2. The number of rotatable bonds is 2. The van der Waals surface area contributed by atoms with Crippen LogP contribution in [0.5, 0.6) is 0 Å². The smallest absolute Gasteiger partial charge is 0.668 e. The van der Waals surface area contributed by atoms with Crippen LogP contribution in [0.25, 0.3) is 5.32 Å². The zero-order valence-electron chi connectivity index (χ0n) is 14.6. The number of benzene rings is 1. The van der Waals surface area contributed by atoms with E-state index in [9.17, 15) is 0 Å². The normalized spacial score (nSPS) is 26.4. The van der Waals surface area contributed by atoms with Crippen molar-refractivity contribution >= 4 is 0 Å². The van der Waals surface area contributed by atoms with Gasteiger partial charge in [-0.15, -0.1) is 0 Å². The molecule has 3 rings (SSSR count). The summed E-state index contributed by atoms with van der Waals surface area (Å²) in [7, 11) is 3.50. The fraction of sp³-hybridized carbons (Fsp3) is 0.647. The Bertz CT molecular complexity index is 428. The molecule has 2 aliphatic rings. The SMILES string of the molecule is CC1(C)OC2CCN(Cc3ccccc3)CC2O1.C[N-]C.[K+]. The van der Waals surface area contributed by atoms with Gasteiger partial charge in [-0.1, -0.05) is 30.3 Å². The van der Waals surface area contributed by atoms with Gasteiger partial charge in [0, 0.05) is 19.6 Å². The molecule has 2 unspecified atom stereocenters. The Morgan fingerprint density at radius 2 is 1.73 bits per heavy atom. The summed E-state index contributed by atoms with van der Waals surface area (Å²) in [6.45, 7) is 7.09. The summed E-state index contributed by atoms with van der Waals surface area (Å²) in [6, 6.07) is 10.6. The summed E-state index contributed by atoms with van der Waals surface area (Å²) >= 11 is 0. The van der Waals surface area contributed by atoms with E-state index in [2.05, 4.69) is 40.5 Å². The Balaban J connectivity index is 0.000000562. The van der Waals surface area contributed by atoms with E-state index in [1.165, 1.54) is 5.56 Å². The maximum atomic E-state index is 5.96. The predicted molar refractivity (Wildman–Crippen MR) is 85.4 cm³/mol. The molecule has 0 aromatic heterocycles. The maximum Gasteiger partial charge on any atom is 1.00 e. The van der Waals surface area contributed by atoms with Crippen molar-refractivity contribution in [3.05, 3.63) is 41.2 Å². The zero-order chi connectivity index (χ0) is 15.3. The summed E-state index contributed by atoms with van der Waals surface area (Å²) in [6.07, 6.45) is 1.59. The van der Waals surface area contributed by atoms with Crippen LogP contribution >= 0.6 is 0 Å². The Morgan fingerprint density at radius 3 is 2.36 bits per heavy atom. The number of hydrogen-bond acceptors (Lipinski definition) is 3. The summed E-state index contributed by atoms with van der Waals surface area (Å²) in [5, 5.41) is 3.50. The second kappa shape index (κ2) is 9.86. The van der Waals surface area contributed by atoms with Crippen LogP contribution in [0.2, 0.25) is 0 Å². The summed E-state index contributed by atoms with van der Waals surface area (Å²) < 4.78 is 11.9. The molecule has 0 N–H and O–H groups in total. The molecule has 0 bridgehead atoms. The fourth-order valence-corrected chi connectivity index (χ4v) is 2.95. The Hall–Kier alpha value is 0.696. The first-order chi connectivity index (χ1) is 10.0. The van der Waals surface area contributed by atoms with Gasteiger partial charge in [0.05, 0.1) is 12.2 Å². The van der Waals surface area contributed by atoms with Crippen LogP contribution in [-0.4, -0.2) is 50.1 Å². The Morgan fingerprint density at radius 1 is 1.14 bits per heavy atom. The average Bonchev–Trinajstić information content (AvgIpc) is 2.74. The molecule has 118 valence electrons. The first kappa shape index (κ1) is 20.7. The van der Waals surface area contributed by atoms with E-state index < -0.39 is 5.79 Å². The van der Waals surface area contributed by atoms with Crippen LogP contribution in [0.1, 0.15) is 25.8 Å². The van der Waals surface area contributed by atoms with Crippen LogP contribution in [0.15, 0.2) is 30.3 Å². The minimum Gasteiger partial charge on any atom is -0.668 e. The largest absolute Gasteiger partial charge is 1.00 e. The molecule has 2 saturated heterocycles. The second-order valence-corrected chi connectivity index (χ2v) is 6.17. The zero-order valence-corrected chi connectivity index (χ0v) is 17.7. The molecule has 0 saturated carbocycles. The van der Waals surface area contributed by atoms with E-state index in [1.54, 1.807) is 14.1 Å². The van der Waals surface area contributed by atoms with Gasteiger partial charge in [-0.2, -0.15) is 14.1 Å². The molecule has 0 spiro atoms. The van der Waals surface area contributed by atoms with Crippen molar-refractivity contribution in [2.75, 3.05) is 27.2 Å². The summed E-state index contributed by atoms with van der Waals surface area (Å²) in [5.41, 5.74) is 1.37. The number of piperidine rings is 1. The molecule has 22 heavy (non-hydrogen) atoms. The topological polar surface area (TPSA) is 35.8 Å². The van der Waals surface area contributed by atoms with Crippen molar-refractivity contribution in [1.82, 2.24) is 4.90 Å². The summed E-state index contributed by atoms with van der Waals surface area (Å²) in [4.78, 5) is 2.46. The third-order valence-electron chi connectivity index (χ3n) is 3.70. The predicted octanol–water partition coefficient (Wildman–Crippen LogP) is 0.0361. The van der Waals surface area contributed by atoms with Gasteiger partial charge < -0.3 is 14.8 Å². The van der Waals surface area contributed by atoms with Crippen molar-refractivity contribution in [1.29, 1.82) is 0 Å². The van der Waals surface area contributed by atoms with Crippen molar-refractivity contribution in [3.8, 4) is 0 Å². The number of fused-ring (bicyclic) bond motifs is 1. The van der Waals surface area contributed by atoms with Crippen molar-refractivity contribution in [2.24, 2.45) is 0 Å². The first-order valence-corrected chi connectivity index (χ1v) is 7.64. The van der Waals surface area contributed by atoms with Crippen molar-refractivity contribution < 1.29 is 60.9 Å². The monoisotopic (exact) mass is 330 g/mol. The Kier molecular flexibility index (Phi) is 9.30. The van der Waals surface area contributed by atoms with Crippen molar-refractivity contribution in [2.45, 2.75) is 44.8 Å². The molecule has 2 aliphatic heterocycles. The molecule has 5 heteroatoms. The van der Waals surface area contributed by atoms with Crippen LogP contribution in [-0.2, 0) is 16.0 Å². The minimum absolute atomic E-state index is 0. The standard InChI is InChI=1S/C15H21NO2.C2H6N.K/c1-15(2)17-13-8-9-16(11-14(13)18-15)10-12-6-4-3-5-7-12;1-3-2;/h3-7,13-14H,8-11H2,1-2H3;1-2H3;/q;-1;+1. The molecule has 4 nitrogen and oxygen atoms in total. The third-order valence-corrected chi connectivity index (χ3v) is 3.70. The number of ether oxygens (including phenoxy) is 2. The van der Waals surface area contributed by atoms with Gasteiger partial charge in [0.2, 0.25) is 0 Å². The van der Waals surface area contributed by atoms with E-state index in [4.69, 9.17) is 9.47 Å². The molecule has 1 aromatic rings. The van der Waals surface area contributed by atoms with Gasteiger partial charge in [-0.25, -0.2) is 0 Å². The van der Waals surface area contributed by atoms with Crippen LogP contribution in [0.4, 0.5) is 0 Å². The molecule has 2 heterocycles. The van der Waals surface area contributed by atoms with Gasteiger partial charge in [-0.3, -0.25) is 4.90 Å². The number of hydrogen-bond donors (Lipinski definition) is 0. The van der Waals surface area contributed by atoms with Gasteiger partial charge in [0.1, 0.15) is 0 Å². The average molecular weight is 331 g/mol. The molecule has 0 aliphatic carbocycles. The van der Waals surface area contributed by atoms with Crippen LogP contribution < -0.4 is 51.4 Å². The first-order valence-electron chi connectivity index (χ1n) is 7.64. The van der Waals surface area contributed by atoms with Crippen molar-refractivity contribution in [3.63, 3.8) is 0 Å². The van der Waals surface area contributed by atoms with E-state index >= 15 is 0 Å². The molecule has 2 atom stereocenters. The molecular formula is C17H27KN2O2. The van der Waals surface area contributed by atoms with Gasteiger partial charge >= 0.3 is 51.4 Å². The fourth-order valence-electron chi connectivity index (χ4n) is 2.95. The van der Waals surface area contributed by atoms with E-state index in [0.29, 0.717) is 0 Å². The summed E-state index contributed by atoms with van der Waals surface area (Å²) in [5.74, 6) is -0.405. The van der Waals surface area contributed by atoms with E-state index in [1.807, 2.05) is 13.8 Å². The molecule has 0 amide bonds. The Labute approximate surface area is 177 Å². The van der Waals surface area contributed by atoms with Gasteiger partial charge in [-0.05, 0) is 25.8 Å². The molecule has 2 fully saturated rings. The third kappa shape index (κ3) is 6.30. The molecule has 1 aromatic carbocycles. The minimum atomic E-state index is -0.405. The number of likely N-dealkylation sites (tertiary alicyclic amines) is 1. The quantitative estimate of drug-likeness (QED) is 0.718. The molecular weight excluding hydrogens is 303 g/mol. The van der Waals surface area contributed by atoms with E-state index in [0.717, 1.165) is 26.1 Å². The van der Waals surface area contributed by atoms with Crippen LogP contribution in [0.3, 0.4) is 0 Å². The maximum absolute atomic E-state index is 5.96. The van der Waals surface area contributed by atoms with Crippen LogP contribution in [0, 0.1) is 0 Å². The second-order valence-electron chi connectivity index (χ2n) is 6.17. The van der Waals surface area contributed by atoms with Gasteiger partial charge in [0.25, 0.3) is 0 Å². The molecule has 0 radical (unpaired) electrons. The van der Waals surface area contributed by atoms with Gasteiger partial charge in [0.15, 0.2) is 5.79 Å². The van der Waals surface area contributed by atoms with E-state index in [-0.39, 0.29) is 63.6 Å².